The first-order valence-electron chi connectivity index (χ1n) is 3.73. The molecule has 0 bridgehead atoms. The van der Waals surface area contributed by atoms with E-state index in [9.17, 15) is 0 Å². The van der Waals surface area contributed by atoms with Gasteiger partial charge in [0.15, 0.2) is 0 Å². The molecule has 0 aromatic carbocycles. The zero-order chi connectivity index (χ0) is 8.55. The van der Waals surface area contributed by atoms with Gasteiger partial charge < -0.3 is 0 Å². The van der Waals surface area contributed by atoms with E-state index in [1.54, 1.807) is 12.4 Å². The minimum absolute atomic E-state index is 0.899. The van der Waals surface area contributed by atoms with E-state index in [1.807, 2.05) is 35.8 Å². The summed E-state index contributed by atoms with van der Waals surface area (Å²) in [4.78, 5) is 8.41. The van der Waals surface area contributed by atoms with Crippen molar-refractivity contribution in [2.75, 3.05) is 0 Å². The number of aryl methyl sites for hydroxylation is 2. The lowest BCUT2D eigenvalue weighted by Crippen LogP contribution is -2.43. The van der Waals surface area contributed by atoms with Gasteiger partial charge in [-0.25, -0.2) is 4.98 Å². The second kappa shape index (κ2) is 2.48. The molecule has 60 valence electrons. The molecule has 0 aliphatic carbocycles. The van der Waals surface area contributed by atoms with Crippen LogP contribution in [-0.4, -0.2) is 9.97 Å². The first-order valence-corrected chi connectivity index (χ1v) is 3.73. The fraction of sp³-hybridized carbons (Fsp3) is 0.250. The maximum Gasteiger partial charge on any atom is 0.408 e. The molecule has 0 saturated heterocycles. The summed E-state index contributed by atoms with van der Waals surface area (Å²) in [5.74, 6) is 0. The van der Waals surface area contributed by atoms with Crippen LogP contribution in [0.15, 0.2) is 24.9 Å². The second-order valence-corrected chi connectivity index (χ2v) is 2.79. The lowest BCUT2D eigenvalue weighted by atomic mass is 10.5. The molecule has 2 heterocycles. The molecule has 0 saturated carbocycles. The molecule has 0 atom stereocenters. The monoisotopic (exact) mass is 162 g/mol. The van der Waals surface area contributed by atoms with Crippen molar-refractivity contribution in [3.8, 4) is 0 Å². The van der Waals surface area contributed by atoms with E-state index < -0.39 is 0 Å². The van der Waals surface area contributed by atoms with E-state index >= 15 is 0 Å². The topological polar surface area (TPSA) is 33.5 Å². The third-order valence-electron chi connectivity index (χ3n) is 1.72. The van der Waals surface area contributed by atoms with Gasteiger partial charge in [0.2, 0.25) is 11.7 Å². The predicted molar refractivity (Wildman–Crippen MR) is 41.9 cm³/mol. The first kappa shape index (κ1) is 7.09. The van der Waals surface area contributed by atoms with Crippen molar-refractivity contribution in [3.05, 3.63) is 24.9 Å². The van der Waals surface area contributed by atoms with Crippen LogP contribution in [0.2, 0.25) is 0 Å². The van der Waals surface area contributed by atoms with E-state index in [1.165, 1.54) is 0 Å². The minimum Gasteiger partial charge on any atom is -0.241 e. The van der Waals surface area contributed by atoms with Gasteiger partial charge >= 0.3 is 12.0 Å². The Hall–Kier alpha value is -1.58. The molecule has 4 nitrogen and oxygen atoms in total. The Morgan fingerprint density at radius 2 is 1.92 bits per heavy atom. The number of hydrogen-bond acceptors (Lipinski definition) is 2. The largest absolute Gasteiger partial charge is 0.408 e. The summed E-state index contributed by atoms with van der Waals surface area (Å²) in [6.07, 6.45) is 7.30. The van der Waals surface area contributed by atoms with Gasteiger partial charge in [0.25, 0.3) is 0 Å². The highest BCUT2D eigenvalue weighted by Crippen LogP contribution is 1.95. The van der Waals surface area contributed by atoms with Gasteiger partial charge in [0, 0.05) is 6.20 Å². The van der Waals surface area contributed by atoms with E-state index in [-0.39, 0.29) is 0 Å². The molecule has 2 aromatic rings. The summed E-state index contributed by atoms with van der Waals surface area (Å²) in [7, 11) is 3.92. The molecule has 0 spiro atoms. The summed E-state index contributed by atoms with van der Waals surface area (Å²) in [6.45, 7) is 0. The highest BCUT2D eigenvalue weighted by atomic mass is 15.1. The molecule has 12 heavy (non-hydrogen) atoms. The quantitative estimate of drug-likeness (QED) is 0.479. The normalized spacial score (nSPS) is 10.5. The maximum absolute atomic E-state index is 4.21. The lowest BCUT2D eigenvalue weighted by molar-refractivity contribution is -0.792. The Bertz CT molecular complexity index is 424. The van der Waals surface area contributed by atoms with Gasteiger partial charge in [-0.2, -0.15) is 4.98 Å². The van der Waals surface area contributed by atoms with Gasteiger partial charge in [-0.05, 0) is 0 Å². The number of fused-ring (bicyclic) bond motifs is 1. The van der Waals surface area contributed by atoms with Crippen LogP contribution in [0, 0.1) is 0 Å². The number of aromatic nitrogens is 4. The van der Waals surface area contributed by atoms with Crippen molar-refractivity contribution < 1.29 is 9.13 Å². The Morgan fingerprint density at radius 1 is 1.17 bits per heavy atom. The molecule has 0 radical (unpaired) electrons. The van der Waals surface area contributed by atoms with Gasteiger partial charge in [0.05, 0.1) is 6.20 Å². The van der Waals surface area contributed by atoms with Crippen LogP contribution in [-0.2, 0) is 14.1 Å². The van der Waals surface area contributed by atoms with E-state index in [2.05, 4.69) is 9.97 Å². The molecule has 2 aromatic heterocycles. The van der Waals surface area contributed by atoms with Gasteiger partial charge in [-0.15, -0.1) is 9.13 Å². The van der Waals surface area contributed by atoms with E-state index in [4.69, 9.17) is 0 Å². The Morgan fingerprint density at radius 3 is 2.75 bits per heavy atom. The molecule has 0 unspecified atom stereocenters. The fourth-order valence-corrected chi connectivity index (χ4v) is 1.26. The summed E-state index contributed by atoms with van der Waals surface area (Å²) >= 11 is 0. The van der Waals surface area contributed by atoms with Crippen LogP contribution < -0.4 is 9.13 Å². The van der Waals surface area contributed by atoms with Crippen molar-refractivity contribution >= 4 is 11.2 Å². The zero-order valence-electron chi connectivity index (χ0n) is 7.10. The number of rotatable bonds is 0. The maximum atomic E-state index is 4.21. The smallest absolute Gasteiger partial charge is 0.241 e. The van der Waals surface area contributed by atoms with Gasteiger partial charge in [-0.1, -0.05) is 0 Å². The molecule has 0 N–H and O–H groups in total. The van der Waals surface area contributed by atoms with Crippen LogP contribution in [0.3, 0.4) is 0 Å². The summed E-state index contributed by atoms with van der Waals surface area (Å²) < 4.78 is 3.90. The molecule has 0 fully saturated rings. The van der Waals surface area contributed by atoms with E-state index in [0.29, 0.717) is 0 Å². The molecule has 4 heteroatoms. The van der Waals surface area contributed by atoms with Crippen molar-refractivity contribution in [2.24, 2.45) is 14.1 Å². The highest BCUT2D eigenvalue weighted by Gasteiger charge is 2.11. The Kier molecular flexibility index (Phi) is 1.46. The number of hydrogen-bond donors (Lipinski definition) is 0. The average molecular weight is 162 g/mol. The van der Waals surface area contributed by atoms with Crippen molar-refractivity contribution in [2.45, 2.75) is 0 Å². The molecule has 0 aliphatic heterocycles. The third-order valence-corrected chi connectivity index (χ3v) is 1.72. The Labute approximate surface area is 70.1 Å². The lowest BCUT2D eigenvalue weighted by Gasteiger charge is -1.90. The summed E-state index contributed by atoms with van der Waals surface area (Å²) in [5.41, 5.74) is 1.81. The van der Waals surface area contributed by atoms with Gasteiger partial charge in [-0.3, -0.25) is 0 Å². The average Bonchev–Trinajstić information content (AvgIpc) is 2.04. The van der Waals surface area contributed by atoms with Crippen molar-refractivity contribution in [3.63, 3.8) is 0 Å². The van der Waals surface area contributed by atoms with Crippen LogP contribution in [0.1, 0.15) is 0 Å². The number of nitrogens with zero attached hydrogens (tertiary/aromatic N) is 4. The van der Waals surface area contributed by atoms with Crippen LogP contribution >= 0.6 is 0 Å². The predicted octanol–water partition coefficient (Wildman–Crippen LogP) is -0.721. The third kappa shape index (κ3) is 1.01. The van der Waals surface area contributed by atoms with Crippen LogP contribution in [0.5, 0.6) is 0 Å². The zero-order valence-corrected chi connectivity index (χ0v) is 7.10. The summed E-state index contributed by atoms with van der Waals surface area (Å²) in [5, 5.41) is 0. The van der Waals surface area contributed by atoms with Crippen molar-refractivity contribution in [1.29, 1.82) is 0 Å². The van der Waals surface area contributed by atoms with Gasteiger partial charge in [0.1, 0.15) is 14.1 Å². The molecular formula is C8H10N4+2. The highest BCUT2D eigenvalue weighted by molar-refractivity contribution is 5.62. The molecular weight excluding hydrogens is 152 g/mol. The fourth-order valence-electron chi connectivity index (χ4n) is 1.26. The first-order chi connectivity index (χ1) is 5.77. The SMILES string of the molecule is C[n+]1cc2nccnc2[n+](C)c1. The summed E-state index contributed by atoms with van der Waals surface area (Å²) in [6, 6.07) is 0. The van der Waals surface area contributed by atoms with E-state index in [0.717, 1.165) is 11.2 Å². The van der Waals surface area contributed by atoms with Crippen LogP contribution in [0.4, 0.5) is 0 Å². The molecule has 2 rings (SSSR count). The van der Waals surface area contributed by atoms with Crippen LogP contribution in [0.25, 0.3) is 11.2 Å². The molecule has 0 aliphatic rings. The standard InChI is InChI=1S/C8H10N4/c1-11-5-7-8(12(2)6-11)10-4-3-9-7/h3-6H,1-2H3/q+2. The second-order valence-electron chi connectivity index (χ2n) is 2.79. The van der Waals surface area contributed by atoms with Crippen molar-refractivity contribution in [1.82, 2.24) is 9.97 Å². The molecule has 0 amide bonds. The Balaban J connectivity index is 2.89. The minimum atomic E-state index is 0.899.